The van der Waals surface area contributed by atoms with Crippen LogP contribution in [-0.2, 0) is 5.41 Å². The summed E-state index contributed by atoms with van der Waals surface area (Å²) in [6.45, 7) is 2.30. The number of hydrogen-bond donors (Lipinski definition) is 4. The van der Waals surface area contributed by atoms with Crippen LogP contribution in [0.25, 0.3) is 22.3 Å². The zero-order valence-corrected chi connectivity index (χ0v) is 23.3. The summed E-state index contributed by atoms with van der Waals surface area (Å²) in [6, 6.07) is 40.2. The second-order valence-corrected chi connectivity index (χ2v) is 11.0. The van der Waals surface area contributed by atoms with Crippen LogP contribution in [0.3, 0.4) is 0 Å². The number of hydrogen-bond acceptors (Lipinski definition) is 4. The van der Waals surface area contributed by atoms with Crippen molar-refractivity contribution in [1.29, 1.82) is 0 Å². The minimum atomic E-state index is -0.402. The van der Waals surface area contributed by atoms with Gasteiger partial charge in [0.2, 0.25) is 0 Å². The molecule has 0 heterocycles. The second-order valence-electron chi connectivity index (χ2n) is 9.05. The Labute approximate surface area is 235 Å². The summed E-state index contributed by atoms with van der Waals surface area (Å²) >= 11 is 18.5. The smallest absolute Gasteiger partial charge is 0.0423 e. The summed E-state index contributed by atoms with van der Waals surface area (Å²) in [5, 5.41) is 0. The van der Waals surface area contributed by atoms with Gasteiger partial charge in [0.1, 0.15) is 0 Å². The first-order chi connectivity index (χ1) is 17.4. The van der Waals surface area contributed by atoms with E-state index in [0.717, 1.165) is 41.8 Å². The fourth-order valence-corrected chi connectivity index (χ4v) is 5.54. The average molecular weight is 539 g/mol. The molecule has 0 unspecified atom stereocenters. The minimum Gasteiger partial charge on any atom is -0.143 e. The van der Waals surface area contributed by atoms with Gasteiger partial charge in [0.15, 0.2) is 0 Å². The van der Waals surface area contributed by atoms with Crippen LogP contribution in [0.1, 0.15) is 23.6 Å². The molecule has 4 heteroatoms. The van der Waals surface area contributed by atoms with Crippen LogP contribution in [0.2, 0.25) is 0 Å². The fraction of sp³-hybridized carbons (Fsp3) is 0.0625. The zero-order chi connectivity index (χ0) is 25.3. The third kappa shape index (κ3) is 4.88. The van der Waals surface area contributed by atoms with Gasteiger partial charge in [0, 0.05) is 25.0 Å². The molecule has 0 aliphatic rings. The largest absolute Gasteiger partial charge is 0.143 e. The summed E-state index contributed by atoms with van der Waals surface area (Å²) in [5.74, 6) is 0. The van der Waals surface area contributed by atoms with Gasteiger partial charge in [-0.1, -0.05) is 66.7 Å². The molecular formula is C32H26S4. The third-order valence-electron chi connectivity index (χ3n) is 6.86. The first kappa shape index (κ1) is 25.2. The highest BCUT2D eigenvalue weighted by Crippen LogP contribution is 2.43. The molecule has 0 N–H and O–H groups in total. The Kier molecular flexibility index (Phi) is 7.32. The third-order valence-corrected chi connectivity index (χ3v) is 8.23. The summed E-state index contributed by atoms with van der Waals surface area (Å²) < 4.78 is 0. The molecular weight excluding hydrogens is 513 g/mol. The predicted molar refractivity (Wildman–Crippen MR) is 165 cm³/mol. The van der Waals surface area contributed by atoms with Crippen molar-refractivity contribution in [2.75, 3.05) is 0 Å². The van der Waals surface area contributed by atoms with Gasteiger partial charge in [-0.15, -0.1) is 50.5 Å². The second kappa shape index (κ2) is 10.5. The Balaban J connectivity index is 1.72. The molecule has 5 aromatic carbocycles. The van der Waals surface area contributed by atoms with Crippen LogP contribution in [-0.4, -0.2) is 0 Å². The van der Waals surface area contributed by atoms with Crippen molar-refractivity contribution in [2.24, 2.45) is 0 Å². The molecule has 0 amide bonds. The molecule has 0 saturated heterocycles. The maximum Gasteiger partial charge on any atom is 0.0423 e. The Morgan fingerprint density at radius 1 is 0.444 bits per heavy atom. The van der Waals surface area contributed by atoms with Gasteiger partial charge in [-0.25, -0.2) is 0 Å². The van der Waals surface area contributed by atoms with Crippen LogP contribution in [0.4, 0.5) is 0 Å². The van der Waals surface area contributed by atoms with Crippen molar-refractivity contribution in [3.05, 3.63) is 132 Å². The normalized spacial score (nSPS) is 11.5. The van der Waals surface area contributed by atoms with E-state index in [2.05, 4.69) is 123 Å². The molecule has 36 heavy (non-hydrogen) atoms. The lowest BCUT2D eigenvalue weighted by Crippen LogP contribution is -2.25. The molecule has 5 rings (SSSR count). The average Bonchev–Trinajstić information content (AvgIpc) is 2.90. The summed E-state index contributed by atoms with van der Waals surface area (Å²) in [6.07, 6.45) is 0. The highest BCUT2D eigenvalue weighted by Gasteiger charge is 2.32. The van der Waals surface area contributed by atoms with E-state index in [0.29, 0.717) is 0 Å². The topological polar surface area (TPSA) is 0 Å². The lowest BCUT2D eigenvalue weighted by atomic mass is 9.70. The van der Waals surface area contributed by atoms with E-state index in [9.17, 15) is 0 Å². The highest BCUT2D eigenvalue weighted by atomic mass is 32.1. The van der Waals surface area contributed by atoms with Crippen LogP contribution in [0.5, 0.6) is 0 Å². The molecule has 0 aliphatic carbocycles. The Morgan fingerprint density at radius 2 is 0.861 bits per heavy atom. The summed E-state index contributed by atoms with van der Waals surface area (Å²) in [5.41, 5.74) is 7.64. The monoisotopic (exact) mass is 538 g/mol. The fourth-order valence-electron chi connectivity index (χ4n) is 4.71. The molecule has 0 radical (unpaired) electrons. The summed E-state index contributed by atoms with van der Waals surface area (Å²) in [7, 11) is 0. The van der Waals surface area contributed by atoms with Crippen molar-refractivity contribution < 1.29 is 0 Å². The molecule has 5 aromatic rings. The van der Waals surface area contributed by atoms with E-state index in [-0.39, 0.29) is 0 Å². The van der Waals surface area contributed by atoms with Crippen molar-refractivity contribution in [2.45, 2.75) is 31.9 Å². The van der Waals surface area contributed by atoms with Crippen molar-refractivity contribution in [1.82, 2.24) is 0 Å². The molecule has 0 nitrogen and oxygen atoms in total. The SMILES string of the molecule is CC(c1ccccc1)(c1ccc(S)c(-c2ccc(S)cc2)c1)c1ccc(S)c(-c2ccc(S)cc2)c1. The van der Waals surface area contributed by atoms with E-state index in [4.69, 9.17) is 25.3 Å². The number of benzene rings is 5. The molecule has 0 aromatic heterocycles. The van der Waals surface area contributed by atoms with Gasteiger partial charge < -0.3 is 0 Å². The van der Waals surface area contributed by atoms with E-state index in [1.165, 1.54) is 16.7 Å². The molecule has 0 bridgehead atoms. The Hall–Kier alpha value is -2.50. The van der Waals surface area contributed by atoms with Crippen LogP contribution >= 0.6 is 50.5 Å². The Bertz CT molecular complexity index is 1410. The standard InChI is InChI=1S/C32H26S4/c1-32(23-5-3-2-4-6-23,24-11-17-30(35)28(19-24)21-7-13-26(33)14-8-21)25-12-18-31(36)29(20-25)22-9-15-27(34)16-10-22/h2-20,33-36H,1H3. The number of thiol groups is 4. The maximum absolute atomic E-state index is 4.80. The van der Waals surface area contributed by atoms with Crippen LogP contribution in [0.15, 0.2) is 135 Å². The zero-order valence-electron chi connectivity index (χ0n) is 19.8. The first-order valence-electron chi connectivity index (χ1n) is 11.7. The van der Waals surface area contributed by atoms with Gasteiger partial charge in [-0.3, -0.25) is 0 Å². The van der Waals surface area contributed by atoms with Gasteiger partial charge >= 0.3 is 0 Å². The van der Waals surface area contributed by atoms with Gasteiger partial charge in [-0.05, 0) is 94.4 Å². The Morgan fingerprint density at radius 3 is 1.28 bits per heavy atom. The molecule has 0 aliphatic heterocycles. The maximum atomic E-state index is 4.80. The van der Waals surface area contributed by atoms with Crippen LogP contribution in [0, 0.1) is 0 Å². The quantitative estimate of drug-likeness (QED) is 0.124. The van der Waals surface area contributed by atoms with Gasteiger partial charge in [0.05, 0.1) is 0 Å². The molecule has 0 saturated carbocycles. The van der Waals surface area contributed by atoms with Crippen molar-refractivity contribution in [3.63, 3.8) is 0 Å². The molecule has 0 atom stereocenters. The van der Waals surface area contributed by atoms with E-state index in [1.54, 1.807) is 0 Å². The van der Waals surface area contributed by atoms with E-state index in [1.807, 2.05) is 24.3 Å². The molecule has 0 fully saturated rings. The van der Waals surface area contributed by atoms with E-state index < -0.39 is 5.41 Å². The molecule has 0 spiro atoms. The lowest BCUT2D eigenvalue weighted by Gasteiger charge is -2.33. The van der Waals surface area contributed by atoms with E-state index >= 15 is 0 Å². The lowest BCUT2D eigenvalue weighted by molar-refractivity contribution is 0.691. The predicted octanol–water partition coefficient (Wildman–Crippen LogP) is 9.53. The van der Waals surface area contributed by atoms with Crippen molar-refractivity contribution >= 4 is 50.5 Å². The van der Waals surface area contributed by atoms with Crippen molar-refractivity contribution in [3.8, 4) is 22.3 Å². The van der Waals surface area contributed by atoms with Gasteiger partial charge in [0.25, 0.3) is 0 Å². The first-order valence-corrected chi connectivity index (χ1v) is 13.5. The molecule has 178 valence electrons. The summed E-state index contributed by atoms with van der Waals surface area (Å²) in [4.78, 5) is 3.77. The highest BCUT2D eigenvalue weighted by molar-refractivity contribution is 7.81. The van der Waals surface area contributed by atoms with Crippen LogP contribution < -0.4 is 0 Å². The number of rotatable bonds is 5. The minimum absolute atomic E-state index is 0.402. The van der Waals surface area contributed by atoms with Gasteiger partial charge in [-0.2, -0.15) is 0 Å².